The highest BCUT2D eigenvalue weighted by molar-refractivity contribution is 9.11. The van der Waals surface area contributed by atoms with Crippen molar-refractivity contribution >= 4 is 105 Å². The number of amides is 1. The van der Waals surface area contributed by atoms with Crippen LogP contribution in [0.25, 0.3) is 0 Å². The summed E-state index contributed by atoms with van der Waals surface area (Å²) < 4.78 is 27.4. The molecule has 9 N–H and O–H groups in total. The number of benzene rings is 6. The molecule has 0 radical (unpaired) electrons. The first-order valence-electron chi connectivity index (χ1n) is 41.0. The molecule has 8 rings (SSSR count). The predicted molar refractivity (Wildman–Crippen MR) is 493 cm³/mol. The van der Waals surface area contributed by atoms with E-state index in [9.17, 15) is 38.1 Å². The standard InChI is InChI=1S/C17H36N4.C11H15NO.C10H18O2.C10H20O.C9H9Br2F.C9H10BrF.C9H12N2O2.C9H14N2.C9H13N/c1-16(2)20-10-6-17(7-11-20)21-14-12-19(13-15-21)9-5-8-18(3)4;1-8(2)10-4-6-11(7-5-10)12-9(3)13;1-7(2)9(11)5-6-10(12)8(3)4;1-8(2)6-5-7-10(11)9(3)4;1-5(2)6-3-7(10)9(12)8(11)4-6;1-6(2)7-3-4-9(11)8(10)5-7;1-6(2)7-3-4-8(10)9(5-7)11(12)13;1-6(2)7-3-4-8(10)9(11)5-7;1-7(2)8-3-5-9(10)6-4-8/h16-17H,5-15H2,1-4H3;4-8H,1-3H3,(H,12,13);7-8H,5-6H2,1-4H3;8-9H,5-7H2,1-4H3;3-5H,1-2H3;3-6H,1-2H3;3-6H,10H2,1-2H3;3-6H,10-11H2,1-2H3;3-7H,10H2,1-2H3. The number of nitro benzene ring substituents is 1. The normalized spacial score (nSPS) is 13.1. The lowest BCUT2D eigenvalue weighted by Gasteiger charge is -2.43. The molecule has 1 amide bonds. The van der Waals surface area contributed by atoms with Crippen LogP contribution in [0.3, 0.4) is 0 Å². The van der Waals surface area contributed by atoms with Crippen LogP contribution < -0.4 is 28.3 Å². The van der Waals surface area contributed by atoms with Crippen LogP contribution >= 0.6 is 47.8 Å². The average molecular weight is 1780 g/mol. The van der Waals surface area contributed by atoms with Crippen molar-refractivity contribution in [3.8, 4) is 0 Å². The molecule has 6 aromatic carbocycles. The molecule has 640 valence electrons. The fraction of sp³-hybridized carbons (Fsp3) is 0.570. The molecule has 2 aliphatic rings. The summed E-state index contributed by atoms with van der Waals surface area (Å²) in [6, 6.07) is 37.0. The summed E-state index contributed by atoms with van der Waals surface area (Å²) in [5.41, 5.74) is 32.5. The lowest BCUT2D eigenvalue weighted by molar-refractivity contribution is -0.384. The zero-order valence-corrected chi connectivity index (χ0v) is 78.9. The fourth-order valence-electron chi connectivity index (χ4n) is 11.4. The Hall–Kier alpha value is -6.46. The molecular weight excluding hydrogens is 1630 g/mol. The molecule has 2 saturated heterocycles. The van der Waals surface area contributed by atoms with E-state index in [0.29, 0.717) is 73.0 Å². The Balaban J connectivity index is 0.00000127. The Kier molecular flexibility index (Phi) is 54.3. The van der Waals surface area contributed by atoms with E-state index in [1.807, 2.05) is 140 Å². The molecule has 16 nitrogen and oxygen atoms in total. The van der Waals surface area contributed by atoms with Gasteiger partial charge >= 0.3 is 0 Å². The van der Waals surface area contributed by atoms with Gasteiger partial charge in [0, 0.05) is 99.6 Å². The zero-order chi connectivity index (χ0) is 87.4. The SMILES string of the molecule is CC(=O)Nc1ccc(C(C)C)cc1.CC(C)C(=O)CCC(=O)C(C)C.CC(C)CCCC(=O)C(C)C.CC(C)N1CCC(N2CCN(CCCN(C)C)CC2)CC1.CC(C)c1cc(Br)c(F)c(Br)c1.CC(C)c1ccc(F)c(Br)c1.CC(C)c1ccc(N)c(N)c1.CC(C)c1ccc(N)c([N+](=O)[O-])c1.CC(C)c1ccc(N)cc1. The Morgan fingerprint density at radius 1 is 0.491 bits per heavy atom. The van der Waals surface area contributed by atoms with E-state index in [0.717, 1.165) is 58.9 Å². The molecule has 0 aliphatic carbocycles. The number of nitro groups is 1. The molecular formula is C93H147Br3F2N10O6. The van der Waals surface area contributed by atoms with Crippen molar-refractivity contribution < 1.29 is 32.9 Å². The number of nitrogen functional groups attached to an aromatic ring is 4. The smallest absolute Gasteiger partial charge is 0.292 e. The number of carbonyl (C=O) groups is 4. The van der Waals surface area contributed by atoms with Gasteiger partial charge in [0.25, 0.3) is 5.69 Å². The molecule has 2 aliphatic heterocycles. The molecule has 21 heteroatoms. The van der Waals surface area contributed by atoms with Crippen molar-refractivity contribution in [2.75, 3.05) is 94.7 Å². The van der Waals surface area contributed by atoms with Crippen LogP contribution in [0.15, 0.2) is 129 Å². The van der Waals surface area contributed by atoms with E-state index in [1.165, 1.54) is 114 Å². The maximum absolute atomic E-state index is 13.1. The fourth-order valence-corrected chi connectivity index (χ4v) is 13.0. The van der Waals surface area contributed by atoms with Crippen LogP contribution in [0.5, 0.6) is 0 Å². The number of nitrogens with one attached hydrogen (secondary N) is 1. The number of anilines is 5. The molecule has 0 saturated carbocycles. The summed E-state index contributed by atoms with van der Waals surface area (Å²) in [5.74, 6) is 4.17. The van der Waals surface area contributed by atoms with E-state index >= 15 is 0 Å². The van der Waals surface area contributed by atoms with Crippen molar-refractivity contribution in [3.05, 3.63) is 184 Å². The van der Waals surface area contributed by atoms with Gasteiger partial charge < -0.3 is 43.0 Å². The first-order valence-corrected chi connectivity index (χ1v) is 43.4. The summed E-state index contributed by atoms with van der Waals surface area (Å²) in [5, 5.41) is 13.3. The molecule has 0 spiro atoms. The Bertz CT molecular complexity index is 3620. The number of piperazine rings is 1. The molecule has 2 fully saturated rings. The second-order valence-corrected chi connectivity index (χ2v) is 35.9. The number of ketones is 3. The second kappa shape index (κ2) is 57.6. The van der Waals surface area contributed by atoms with Gasteiger partial charge in [-0.3, -0.25) is 34.2 Å². The minimum absolute atomic E-state index is 0.00815. The van der Waals surface area contributed by atoms with Crippen LogP contribution in [-0.4, -0.2) is 126 Å². The van der Waals surface area contributed by atoms with Gasteiger partial charge in [-0.25, -0.2) is 8.78 Å². The molecule has 0 bridgehead atoms. The van der Waals surface area contributed by atoms with Gasteiger partial charge in [-0.2, -0.15) is 0 Å². The van der Waals surface area contributed by atoms with Gasteiger partial charge in [-0.15, -0.1) is 0 Å². The molecule has 0 unspecified atom stereocenters. The molecule has 0 atom stereocenters. The number of nitrogens with zero attached hydrogens (tertiary/aromatic N) is 5. The number of nitrogens with two attached hydrogens (primary N) is 4. The maximum Gasteiger partial charge on any atom is 0.292 e. The highest BCUT2D eigenvalue weighted by atomic mass is 79.9. The summed E-state index contributed by atoms with van der Waals surface area (Å²) in [4.78, 5) is 64.5. The quantitative estimate of drug-likeness (QED) is 0.0164. The van der Waals surface area contributed by atoms with Crippen LogP contribution in [0, 0.1) is 45.4 Å². The second-order valence-electron chi connectivity index (χ2n) is 33.4. The number of rotatable bonds is 24. The predicted octanol–water partition coefficient (Wildman–Crippen LogP) is 24.3. The van der Waals surface area contributed by atoms with Gasteiger partial charge in [-0.1, -0.05) is 187 Å². The van der Waals surface area contributed by atoms with E-state index in [4.69, 9.17) is 22.9 Å². The number of hydrogen-bond donors (Lipinski definition) is 5. The summed E-state index contributed by atoms with van der Waals surface area (Å²) in [6.45, 7) is 57.3. The van der Waals surface area contributed by atoms with Gasteiger partial charge in [0.1, 0.15) is 28.9 Å². The first-order chi connectivity index (χ1) is 53.1. The van der Waals surface area contributed by atoms with Crippen molar-refractivity contribution in [2.45, 2.75) is 258 Å². The largest absolute Gasteiger partial charge is 0.399 e. The topological polar surface area (TPSA) is 240 Å². The number of piperidine rings is 1. The van der Waals surface area contributed by atoms with Crippen LogP contribution in [-0.2, 0) is 19.2 Å². The monoisotopic (exact) mass is 1770 g/mol. The number of halogens is 5. The Labute approximate surface area is 713 Å². The summed E-state index contributed by atoms with van der Waals surface area (Å²) >= 11 is 9.46. The number of hydrogen-bond acceptors (Lipinski definition) is 14. The third kappa shape index (κ3) is 46.5. The molecule has 0 aromatic heterocycles. The van der Waals surface area contributed by atoms with Gasteiger partial charge in [0.05, 0.1) is 29.7 Å². The van der Waals surface area contributed by atoms with Crippen molar-refractivity contribution in [2.24, 2.45) is 23.7 Å². The first kappa shape index (κ1) is 108. The summed E-state index contributed by atoms with van der Waals surface area (Å²) in [6.07, 6.45) is 7.89. The minimum atomic E-state index is -0.457. The van der Waals surface area contributed by atoms with Crippen molar-refractivity contribution in [1.82, 2.24) is 19.6 Å². The number of likely N-dealkylation sites (tertiary alicyclic amines) is 1. The maximum atomic E-state index is 13.1. The lowest BCUT2D eigenvalue weighted by Crippen LogP contribution is -2.53. The number of Topliss-reactive ketones (excluding diaryl/α,β-unsaturated/α-hetero) is 3. The van der Waals surface area contributed by atoms with Crippen LogP contribution in [0.4, 0.5) is 42.9 Å². The molecule has 2 heterocycles. The highest BCUT2D eigenvalue weighted by Crippen LogP contribution is 2.31. The minimum Gasteiger partial charge on any atom is -0.399 e. The lowest BCUT2D eigenvalue weighted by atomic mass is 9.99. The molecule has 6 aromatic rings. The van der Waals surface area contributed by atoms with Crippen molar-refractivity contribution in [3.63, 3.8) is 0 Å². The number of carbonyl (C=O) groups excluding carboxylic acids is 4. The average Bonchev–Trinajstić information content (AvgIpc) is 0.860. The van der Waals surface area contributed by atoms with Crippen LogP contribution in [0.1, 0.15) is 280 Å². The zero-order valence-electron chi connectivity index (χ0n) is 74.1. The van der Waals surface area contributed by atoms with E-state index in [2.05, 4.69) is 196 Å². The summed E-state index contributed by atoms with van der Waals surface area (Å²) in [7, 11) is 4.34. The molecule has 114 heavy (non-hydrogen) atoms. The van der Waals surface area contributed by atoms with Crippen molar-refractivity contribution in [1.29, 1.82) is 0 Å². The van der Waals surface area contributed by atoms with E-state index in [-0.39, 0.29) is 64.2 Å². The van der Waals surface area contributed by atoms with Gasteiger partial charge in [-0.05, 0) is 269 Å². The Morgan fingerprint density at radius 2 is 0.886 bits per heavy atom. The third-order valence-electron chi connectivity index (χ3n) is 19.5. The van der Waals surface area contributed by atoms with E-state index in [1.54, 1.807) is 6.07 Å². The highest BCUT2D eigenvalue weighted by Gasteiger charge is 2.28. The van der Waals surface area contributed by atoms with Gasteiger partial charge in [0.2, 0.25) is 5.91 Å². The Morgan fingerprint density at radius 3 is 1.27 bits per heavy atom. The van der Waals surface area contributed by atoms with E-state index < -0.39 is 4.92 Å². The third-order valence-corrected chi connectivity index (χ3v) is 21.2. The van der Waals surface area contributed by atoms with Gasteiger partial charge in [0.15, 0.2) is 5.82 Å². The van der Waals surface area contributed by atoms with Crippen LogP contribution in [0.2, 0.25) is 0 Å².